The zero-order chi connectivity index (χ0) is 13.6. The van der Waals surface area contributed by atoms with Gasteiger partial charge in [-0.3, -0.25) is 0 Å². The van der Waals surface area contributed by atoms with Crippen molar-refractivity contribution in [3.8, 4) is 0 Å². The minimum atomic E-state index is -4.01. The lowest BCUT2D eigenvalue weighted by atomic mass is 9.85. The number of hydrogen-bond acceptors (Lipinski definition) is 2. The summed E-state index contributed by atoms with van der Waals surface area (Å²) < 4.78 is 42.8. The molecule has 1 aliphatic carbocycles. The molecule has 0 spiro atoms. The van der Waals surface area contributed by atoms with Crippen LogP contribution in [0.4, 0.5) is 13.2 Å². The van der Waals surface area contributed by atoms with E-state index in [0.29, 0.717) is 25.4 Å². The normalized spacial score (nSPS) is 25.7. The van der Waals surface area contributed by atoms with Gasteiger partial charge in [-0.1, -0.05) is 13.8 Å². The summed E-state index contributed by atoms with van der Waals surface area (Å²) in [5, 5.41) is 3.27. The van der Waals surface area contributed by atoms with E-state index in [2.05, 4.69) is 19.2 Å². The zero-order valence-electron chi connectivity index (χ0n) is 11.2. The molecule has 0 atom stereocenters. The van der Waals surface area contributed by atoms with Gasteiger partial charge in [-0.05, 0) is 31.6 Å². The summed E-state index contributed by atoms with van der Waals surface area (Å²) in [6.45, 7) is 6.28. The molecule has 1 saturated carbocycles. The fraction of sp³-hybridized carbons (Fsp3) is 1.00. The maximum Gasteiger partial charge on any atom is 0.391 e. The van der Waals surface area contributed by atoms with E-state index in [1.807, 2.05) is 0 Å². The van der Waals surface area contributed by atoms with Crippen molar-refractivity contribution in [2.24, 2.45) is 11.8 Å². The molecule has 0 bridgehead atoms. The second-order valence-electron chi connectivity index (χ2n) is 5.51. The predicted molar refractivity (Wildman–Crippen MR) is 65.5 cm³/mol. The predicted octanol–water partition coefficient (Wildman–Crippen LogP) is 3.37. The highest BCUT2D eigenvalue weighted by Crippen LogP contribution is 2.37. The van der Waals surface area contributed by atoms with Crippen LogP contribution in [0.5, 0.6) is 0 Å². The SMILES string of the molecule is CC(C)COCCNC1CCC(C(F)(F)F)CC1. The molecule has 0 saturated heterocycles. The van der Waals surface area contributed by atoms with Crippen LogP contribution in [0.2, 0.25) is 0 Å². The molecular weight excluding hydrogens is 243 g/mol. The standard InChI is InChI=1S/C13H24F3NO/c1-10(2)9-18-8-7-17-12-5-3-11(4-6-12)13(14,15)16/h10-12,17H,3-9H2,1-2H3. The molecule has 1 fully saturated rings. The summed E-state index contributed by atoms with van der Waals surface area (Å²) in [6, 6.07) is 0.228. The minimum Gasteiger partial charge on any atom is -0.380 e. The Bertz CT molecular complexity index is 223. The summed E-state index contributed by atoms with van der Waals surface area (Å²) >= 11 is 0. The summed E-state index contributed by atoms with van der Waals surface area (Å²) in [6.07, 6.45) is -2.25. The highest BCUT2D eigenvalue weighted by atomic mass is 19.4. The van der Waals surface area contributed by atoms with E-state index in [9.17, 15) is 13.2 Å². The Morgan fingerprint density at radius 1 is 1.17 bits per heavy atom. The van der Waals surface area contributed by atoms with Gasteiger partial charge in [0.15, 0.2) is 0 Å². The molecule has 5 heteroatoms. The van der Waals surface area contributed by atoms with Gasteiger partial charge in [0.2, 0.25) is 0 Å². The van der Waals surface area contributed by atoms with E-state index in [4.69, 9.17) is 4.74 Å². The number of ether oxygens (including phenoxy) is 1. The number of alkyl halides is 3. The minimum absolute atomic E-state index is 0.228. The van der Waals surface area contributed by atoms with Crippen molar-refractivity contribution >= 4 is 0 Å². The highest BCUT2D eigenvalue weighted by molar-refractivity contribution is 4.80. The second-order valence-corrected chi connectivity index (χ2v) is 5.51. The van der Waals surface area contributed by atoms with E-state index < -0.39 is 12.1 Å². The zero-order valence-corrected chi connectivity index (χ0v) is 11.2. The first kappa shape index (κ1) is 15.8. The van der Waals surface area contributed by atoms with E-state index in [-0.39, 0.29) is 18.9 Å². The van der Waals surface area contributed by atoms with Crippen molar-refractivity contribution in [3.63, 3.8) is 0 Å². The summed E-state index contributed by atoms with van der Waals surface area (Å²) in [5.41, 5.74) is 0. The van der Waals surface area contributed by atoms with Crippen molar-refractivity contribution in [3.05, 3.63) is 0 Å². The van der Waals surface area contributed by atoms with E-state index in [0.717, 1.165) is 13.2 Å². The lowest BCUT2D eigenvalue weighted by Gasteiger charge is -2.30. The van der Waals surface area contributed by atoms with Gasteiger partial charge >= 0.3 is 6.18 Å². The first-order chi connectivity index (χ1) is 8.39. The van der Waals surface area contributed by atoms with Gasteiger partial charge in [-0.2, -0.15) is 13.2 Å². The summed E-state index contributed by atoms with van der Waals surface area (Å²) in [7, 11) is 0. The van der Waals surface area contributed by atoms with Crippen molar-refractivity contribution in [2.75, 3.05) is 19.8 Å². The second kappa shape index (κ2) is 7.34. The van der Waals surface area contributed by atoms with Gasteiger partial charge in [0.1, 0.15) is 0 Å². The van der Waals surface area contributed by atoms with Crippen LogP contribution < -0.4 is 5.32 Å². The lowest BCUT2D eigenvalue weighted by molar-refractivity contribution is -0.182. The van der Waals surface area contributed by atoms with Crippen LogP contribution in [-0.2, 0) is 4.74 Å². The van der Waals surface area contributed by atoms with E-state index in [1.54, 1.807) is 0 Å². The molecular formula is C13H24F3NO. The lowest BCUT2D eigenvalue weighted by Crippen LogP contribution is -2.38. The summed E-state index contributed by atoms with van der Waals surface area (Å²) in [5.74, 6) is -0.569. The number of rotatable bonds is 6. The monoisotopic (exact) mass is 267 g/mol. The van der Waals surface area contributed by atoms with Gasteiger partial charge in [0.05, 0.1) is 12.5 Å². The Kier molecular flexibility index (Phi) is 6.43. The van der Waals surface area contributed by atoms with Crippen LogP contribution in [-0.4, -0.2) is 32.0 Å². The quantitative estimate of drug-likeness (QED) is 0.745. The molecule has 2 nitrogen and oxygen atoms in total. The third kappa shape index (κ3) is 6.05. The Labute approximate surface area is 107 Å². The third-order valence-electron chi connectivity index (χ3n) is 3.32. The van der Waals surface area contributed by atoms with Crippen molar-refractivity contribution in [1.29, 1.82) is 0 Å². The maximum absolute atomic E-state index is 12.5. The first-order valence-corrected chi connectivity index (χ1v) is 6.77. The van der Waals surface area contributed by atoms with Gasteiger partial charge in [-0.25, -0.2) is 0 Å². The van der Waals surface area contributed by atoms with Crippen LogP contribution in [0, 0.1) is 11.8 Å². The topological polar surface area (TPSA) is 21.3 Å². The number of nitrogens with one attached hydrogen (secondary N) is 1. The molecule has 1 aliphatic rings. The van der Waals surface area contributed by atoms with Gasteiger partial charge in [0, 0.05) is 19.2 Å². The number of hydrogen-bond donors (Lipinski definition) is 1. The van der Waals surface area contributed by atoms with Crippen LogP contribution in [0.1, 0.15) is 39.5 Å². The fourth-order valence-corrected chi connectivity index (χ4v) is 2.28. The third-order valence-corrected chi connectivity index (χ3v) is 3.32. The van der Waals surface area contributed by atoms with Crippen LogP contribution >= 0.6 is 0 Å². The highest BCUT2D eigenvalue weighted by Gasteiger charge is 2.41. The molecule has 0 amide bonds. The molecule has 108 valence electrons. The van der Waals surface area contributed by atoms with E-state index >= 15 is 0 Å². The van der Waals surface area contributed by atoms with E-state index in [1.165, 1.54) is 0 Å². The molecule has 0 aliphatic heterocycles. The van der Waals surface area contributed by atoms with Crippen molar-refractivity contribution in [2.45, 2.75) is 51.7 Å². The van der Waals surface area contributed by atoms with Gasteiger partial charge in [-0.15, -0.1) is 0 Å². The average Bonchev–Trinajstić information content (AvgIpc) is 2.27. The fourth-order valence-electron chi connectivity index (χ4n) is 2.28. The molecule has 1 N–H and O–H groups in total. The molecule has 1 rings (SSSR count). The van der Waals surface area contributed by atoms with Gasteiger partial charge in [0.25, 0.3) is 0 Å². The smallest absolute Gasteiger partial charge is 0.380 e. The molecule has 18 heavy (non-hydrogen) atoms. The largest absolute Gasteiger partial charge is 0.391 e. The molecule has 0 heterocycles. The van der Waals surface area contributed by atoms with Crippen LogP contribution in [0.15, 0.2) is 0 Å². The van der Waals surface area contributed by atoms with Crippen molar-refractivity contribution < 1.29 is 17.9 Å². The molecule has 0 aromatic rings. The first-order valence-electron chi connectivity index (χ1n) is 6.77. The molecule has 0 unspecified atom stereocenters. The Balaban J connectivity index is 2.06. The number of halogens is 3. The molecule has 0 aromatic carbocycles. The Morgan fingerprint density at radius 3 is 2.28 bits per heavy atom. The van der Waals surface area contributed by atoms with Crippen LogP contribution in [0.3, 0.4) is 0 Å². The van der Waals surface area contributed by atoms with Crippen molar-refractivity contribution in [1.82, 2.24) is 5.32 Å². The maximum atomic E-state index is 12.5. The summed E-state index contributed by atoms with van der Waals surface area (Å²) in [4.78, 5) is 0. The Hall–Kier alpha value is -0.290. The molecule has 0 aromatic heterocycles. The average molecular weight is 267 g/mol. The molecule has 0 radical (unpaired) electrons. The van der Waals surface area contributed by atoms with Gasteiger partial charge < -0.3 is 10.1 Å². The Morgan fingerprint density at radius 2 is 1.78 bits per heavy atom. The van der Waals surface area contributed by atoms with Crippen LogP contribution in [0.25, 0.3) is 0 Å².